The molecule has 0 amide bonds. The van der Waals surface area contributed by atoms with Crippen molar-refractivity contribution in [2.24, 2.45) is 5.92 Å². The molecular formula is C38H26Br2Cl2. The Morgan fingerprint density at radius 1 is 0.833 bits per heavy atom. The summed E-state index contributed by atoms with van der Waals surface area (Å²) in [6.45, 7) is 2.30. The Balaban J connectivity index is 1.25. The molecule has 2 atom stereocenters. The molecule has 206 valence electrons. The normalized spacial score (nSPS) is 19.8. The molecule has 3 aliphatic carbocycles. The number of rotatable bonds is 2. The first-order valence-electron chi connectivity index (χ1n) is 14.4. The Labute approximate surface area is 272 Å². The fourth-order valence-electron chi connectivity index (χ4n) is 7.37. The molecule has 0 saturated heterocycles. The van der Waals surface area contributed by atoms with E-state index in [0.29, 0.717) is 5.92 Å². The summed E-state index contributed by atoms with van der Waals surface area (Å²) in [6.07, 6.45) is 12.4. The third-order valence-electron chi connectivity index (χ3n) is 9.35. The van der Waals surface area contributed by atoms with Gasteiger partial charge in [-0.2, -0.15) is 0 Å². The van der Waals surface area contributed by atoms with Crippen molar-refractivity contribution in [1.29, 1.82) is 0 Å². The first-order chi connectivity index (χ1) is 20.4. The first-order valence-corrected chi connectivity index (χ1v) is 16.8. The zero-order valence-electron chi connectivity index (χ0n) is 22.9. The maximum atomic E-state index is 7.10. The molecule has 0 spiro atoms. The van der Waals surface area contributed by atoms with Crippen LogP contribution in [0.3, 0.4) is 0 Å². The number of halogens is 4. The van der Waals surface area contributed by atoms with Crippen LogP contribution in [0.1, 0.15) is 47.9 Å². The minimum Gasteiger partial charge on any atom is -0.0840 e. The van der Waals surface area contributed by atoms with E-state index in [1.54, 1.807) is 0 Å². The lowest BCUT2D eigenvalue weighted by Crippen LogP contribution is -2.08. The summed E-state index contributed by atoms with van der Waals surface area (Å²) in [6, 6.07) is 24.0. The van der Waals surface area contributed by atoms with Crippen molar-refractivity contribution < 1.29 is 0 Å². The summed E-state index contributed by atoms with van der Waals surface area (Å²) in [4.78, 5) is 0. The van der Waals surface area contributed by atoms with Crippen LogP contribution in [-0.2, 0) is 6.42 Å². The molecule has 0 N–H and O–H groups in total. The number of hydrogen-bond donors (Lipinski definition) is 0. The van der Waals surface area contributed by atoms with E-state index in [0.717, 1.165) is 55.3 Å². The minimum absolute atomic E-state index is 0.239. The monoisotopic (exact) mass is 710 g/mol. The molecule has 4 heteroatoms. The van der Waals surface area contributed by atoms with E-state index in [-0.39, 0.29) is 5.92 Å². The van der Waals surface area contributed by atoms with Gasteiger partial charge in [-0.1, -0.05) is 134 Å². The molecular weight excluding hydrogens is 687 g/mol. The van der Waals surface area contributed by atoms with Crippen molar-refractivity contribution in [2.75, 3.05) is 0 Å². The Kier molecular flexibility index (Phi) is 6.57. The van der Waals surface area contributed by atoms with E-state index in [2.05, 4.69) is 130 Å². The van der Waals surface area contributed by atoms with Crippen LogP contribution in [0.4, 0.5) is 0 Å². The van der Waals surface area contributed by atoms with Crippen LogP contribution in [-0.4, -0.2) is 0 Å². The van der Waals surface area contributed by atoms with Gasteiger partial charge >= 0.3 is 0 Å². The molecule has 5 aromatic carbocycles. The third-order valence-corrected chi connectivity index (χ3v) is 11.4. The summed E-state index contributed by atoms with van der Waals surface area (Å²) < 4.78 is 2.34. The molecule has 8 rings (SSSR count). The Morgan fingerprint density at radius 3 is 2.50 bits per heavy atom. The summed E-state index contributed by atoms with van der Waals surface area (Å²) in [7, 11) is 0. The molecule has 3 aliphatic rings. The van der Waals surface area contributed by atoms with Crippen LogP contribution in [0.25, 0.3) is 44.0 Å². The number of benzene rings is 5. The van der Waals surface area contributed by atoms with E-state index < -0.39 is 0 Å². The highest BCUT2D eigenvalue weighted by Crippen LogP contribution is 2.49. The predicted molar refractivity (Wildman–Crippen MR) is 189 cm³/mol. The molecule has 0 aliphatic heterocycles. The molecule has 0 radical (unpaired) electrons. The highest BCUT2D eigenvalue weighted by Gasteiger charge is 2.28. The van der Waals surface area contributed by atoms with Crippen molar-refractivity contribution in [1.82, 2.24) is 0 Å². The largest absolute Gasteiger partial charge is 0.0840 e. The Bertz CT molecular complexity index is 2120. The van der Waals surface area contributed by atoms with Crippen molar-refractivity contribution in [2.45, 2.75) is 32.1 Å². The third kappa shape index (κ3) is 4.14. The van der Waals surface area contributed by atoms with Gasteiger partial charge in [-0.3, -0.25) is 0 Å². The summed E-state index contributed by atoms with van der Waals surface area (Å²) in [5.41, 5.74) is 9.08. The van der Waals surface area contributed by atoms with Crippen molar-refractivity contribution >= 4 is 99.0 Å². The standard InChI is InChI=1S/C38H26Br2Cl2/c1-20-15-28(38-24(20)7-4-10-34(38)40)23-12-14-27-30-18-35(41)31-16-22(11-13-26(31)29(30)19-36(42)32(27)17-23)25-8-2-5-21-6-3-9-33(39)37(21)25/h2-3,5-6,8-15,17-20,22H,4,7,16H2,1H3. The van der Waals surface area contributed by atoms with Gasteiger partial charge in [0.15, 0.2) is 0 Å². The van der Waals surface area contributed by atoms with Crippen LogP contribution < -0.4 is 0 Å². The summed E-state index contributed by atoms with van der Waals surface area (Å²) in [5.74, 6) is 0.692. The van der Waals surface area contributed by atoms with E-state index in [4.69, 9.17) is 23.2 Å². The molecule has 5 aromatic rings. The first kappa shape index (κ1) is 27.0. The van der Waals surface area contributed by atoms with Gasteiger partial charge in [0.05, 0.1) is 0 Å². The van der Waals surface area contributed by atoms with Gasteiger partial charge in [0, 0.05) is 30.3 Å². The lowest BCUT2D eigenvalue weighted by Gasteiger charge is -2.24. The van der Waals surface area contributed by atoms with Gasteiger partial charge in [0.25, 0.3) is 0 Å². The maximum Gasteiger partial charge on any atom is 0.0491 e. The zero-order valence-corrected chi connectivity index (χ0v) is 27.6. The van der Waals surface area contributed by atoms with E-state index in [1.807, 2.05) is 0 Å². The molecule has 0 bridgehead atoms. The highest BCUT2D eigenvalue weighted by molar-refractivity contribution is 9.12. The highest BCUT2D eigenvalue weighted by atomic mass is 79.9. The molecule has 0 fully saturated rings. The van der Waals surface area contributed by atoms with Crippen LogP contribution >= 0.6 is 55.1 Å². The molecule has 0 saturated carbocycles. The van der Waals surface area contributed by atoms with Gasteiger partial charge in [-0.15, -0.1) is 0 Å². The minimum atomic E-state index is 0.239. The molecule has 42 heavy (non-hydrogen) atoms. The van der Waals surface area contributed by atoms with E-state index in [9.17, 15) is 0 Å². The smallest absolute Gasteiger partial charge is 0.0491 e. The fourth-order valence-corrected chi connectivity index (χ4v) is 9.23. The maximum absolute atomic E-state index is 7.10. The van der Waals surface area contributed by atoms with Crippen LogP contribution in [0.15, 0.2) is 105 Å². The average molecular weight is 713 g/mol. The molecule has 2 unspecified atom stereocenters. The van der Waals surface area contributed by atoms with Crippen molar-refractivity contribution in [3.63, 3.8) is 0 Å². The van der Waals surface area contributed by atoms with Crippen LogP contribution in [0.2, 0.25) is 10.0 Å². The summed E-state index contributed by atoms with van der Waals surface area (Å²) in [5, 5.41) is 8.61. The SMILES string of the molecule is CC1C=C(c2ccc3c(c2)c(Cl)cc2c4c(c(Cl)cc23)CC(c2cccc3cccc(Br)c23)C=C4)C2=C1CCC=C2Br. The lowest BCUT2D eigenvalue weighted by atomic mass is 9.81. The van der Waals surface area contributed by atoms with Gasteiger partial charge in [-0.05, 0) is 110 Å². The van der Waals surface area contributed by atoms with Gasteiger partial charge in [-0.25, -0.2) is 0 Å². The molecule has 0 heterocycles. The van der Waals surface area contributed by atoms with Gasteiger partial charge in [0.1, 0.15) is 0 Å². The van der Waals surface area contributed by atoms with E-state index >= 15 is 0 Å². The fraction of sp³-hybridized carbons (Fsp3) is 0.158. The average Bonchev–Trinajstić information content (AvgIpc) is 3.35. The van der Waals surface area contributed by atoms with Crippen LogP contribution in [0.5, 0.6) is 0 Å². The second kappa shape index (κ2) is 10.2. The van der Waals surface area contributed by atoms with Gasteiger partial charge in [0.2, 0.25) is 0 Å². The number of hydrogen-bond acceptors (Lipinski definition) is 0. The topological polar surface area (TPSA) is 0 Å². The van der Waals surface area contributed by atoms with Crippen molar-refractivity contribution in [3.8, 4) is 0 Å². The lowest BCUT2D eigenvalue weighted by molar-refractivity contribution is 0.784. The molecule has 0 aromatic heterocycles. The van der Waals surface area contributed by atoms with Crippen molar-refractivity contribution in [3.05, 3.63) is 137 Å². The Hall–Kier alpha value is -2.62. The second-order valence-electron chi connectivity index (χ2n) is 11.7. The Morgan fingerprint density at radius 2 is 1.64 bits per heavy atom. The second-order valence-corrected chi connectivity index (χ2v) is 14.2. The number of allylic oxidation sites excluding steroid dienone is 7. The van der Waals surface area contributed by atoms with Gasteiger partial charge < -0.3 is 0 Å². The van der Waals surface area contributed by atoms with E-state index in [1.165, 1.54) is 54.2 Å². The zero-order chi connectivity index (χ0) is 28.7. The molecule has 0 nitrogen and oxygen atoms in total. The quantitative estimate of drug-likeness (QED) is 0.160. The summed E-state index contributed by atoms with van der Waals surface area (Å²) >= 11 is 21.8. The predicted octanol–water partition coefficient (Wildman–Crippen LogP) is 13.0. The number of fused-ring (bicyclic) bond motifs is 6. The van der Waals surface area contributed by atoms with Crippen LogP contribution in [0, 0.1) is 5.92 Å².